The molecule has 0 amide bonds. The van der Waals surface area contributed by atoms with Crippen molar-refractivity contribution < 1.29 is 18.6 Å². The molecule has 0 aromatic carbocycles. The summed E-state index contributed by atoms with van der Waals surface area (Å²) in [4.78, 5) is 0. The molecule has 0 aliphatic heterocycles. The van der Waals surface area contributed by atoms with Crippen molar-refractivity contribution in [3.05, 3.63) is 0 Å². The summed E-state index contributed by atoms with van der Waals surface area (Å²) in [5.74, 6) is 0. The molecular formula is H5O5Sb. The van der Waals surface area contributed by atoms with Crippen molar-refractivity contribution in [1.29, 1.82) is 0 Å². The van der Waals surface area contributed by atoms with Crippen LogP contribution in [-0.4, -0.2) is 35.7 Å². The standard InChI is InChI=1S/4H2O.O.Sb/h4*1H2;;/q;;;;;+3/p-3. The molecule has 40 valence electrons. The SMILES string of the molecule is O.[O]=[Sb]([OH])([OH])[OH]. The molecule has 5 nitrogen and oxygen atoms in total. The molecule has 0 saturated carbocycles. The number of hydrogen-bond acceptors (Lipinski definition) is 1. The Morgan fingerprint density at radius 2 is 1.17 bits per heavy atom. The Hall–Kier alpha value is 0.458. The fraction of sp³-hybridized carbons (Fsp3) is 0. The molecule has 0 heterocycles. The van der Waals surface area contributed by atoms with Gasteiger partial charge >= 0.3 is 33.2 Å². The molecule has 6 heavy (non-hydrogen) atoms. The van der Waals surface area contributed by atoms with Crippen LogP contribution < -0.4 is 0 Å². The van der Waals surface area contributed by atoms with Crippen LogP contribution in [0, 0.1) is 0 Å². The van der Waals surface area contributed by atoms with Crippen molar-refractivity contribution in [2.24, 2.45) is 0 Å². The zero-order valence-corrected chi connectivity index (χ0v) is 5.25. The Kier molecular flexibility index (Phi) is 4.20. The maximum absolute atomic E-state index is 8.97. The molecule has 0 aliphatic rings. The molecule has 0 aromatic rings. The third-order valence-electron chi connectivity index (χ3n) is 0. The van der Waals surface area contributed by atoms with Crippen molar-refractivity contribution in [1.82, 2.24) is 0 Å². The van der Waals surface area contributed by atoms with Crippen LogP contribution in [0.5, 0.6) is 0 Å². The Labute approximate surface area is 39.2 Å². The van der Waals surface area contributed by atoms with E-state index in [-0.39, 0.29) is 5.48 Å². The molecule has 0 spiro atoms. The minimum absolute atomic E-state index is 0. The van der Waals surface area contributed by atoms with Gasteiger partial charge in [0.15, 0.2) is 0 Å². The summed E-state index contributed by atoms with van der Waals surface area (Å²) in [7, 11) is 0. The van der Waals surface area contributed by atoms with Gasteiger partial charge in [-0.3, -0.25) is 0 Å². The van der Waals surface area contributed by atoms with Crippen LogP contribution in [-0.2, 0) is 3.02 Å². The zero-order valence-electron chi connectivity index (χ0n) is 2.70. The van der Waals surface area contributed by atoms with E-state index in [1.54, 1.807) is 0 Å². The first-order chi connectivity index (χ1) is 2.00. The molecule has 0 rings (SSSR count). The summed E-state index contributed by atoms with van der Waals surface area (Å²) in [6, 6.07) is 0. The van der Waals surface area contributed by atoms with Crippen LogP contribution in [0.2, 0.25) is 0 Å². The van der Waals surface area contributed by atoms with E-state index in [0.29, 0.717) is 0 Å². The fourth-order valence-corrected chi connectivity index (χ4v) is 0. The van der Waals surface area contributed by atoms with Crippen molar-refractivity contribution in [2.45, 2.75) is 0 Å². The summed E-state index contributed by atoms with van der Waals surface area (Å²) in [6.07, 6.45) is 0. The van der Waals surface area contributed by atoms with E-state index in [9.17, 15) is 0 Å². The molecule has 0 radical (unpaired) electrons. The first-order valence-electron chi connectivity index (χ1n) is 0.783. The second kappa shape index (κ2) is 2.60. The topological polar surface area (TPSA) is 109 Å². The average Bonchev–Trinajstić information content (AvgIpc) is 0.722. The Morgan fingerprint density at radius 1 is 1.17 bits per heavy atom. The van der Waals surface area contributed by atoms with Crippen LogP contribution in [0.15, 0.2) is 0 Å². The molecule has 0 unspecified atom stereocenters. The van der Waals surface area contributed by atoms with Gasteiger partial charge in [0.25, 0.3) is 0 Å². The fourth-order valence-electron chi connectivity index (χ4n) is 0. The van der Waals surface area contributed by atoms with Gasteiger partial charge in [-0.25, -0.2) is 0 Å². The second-order valence-electron chi connectivity index (χ2n) is 0.513. The van der Waals surface area contributed by atoms with E-state index in [2.05, 4.69) is 0 Å². The van der Waals surface area contributed by atoms with Gasteiger partial charge < -0.3 is 5.48 Å². The predicted molar refractivity (Wildman–Crippen MR) is 16.7 cm³/mol. The van der Waals surface area contributed by atoms with E-state index >= 15 is 0 Å². The quantitative estimate of drug-likeness (QED) is 0.367. The number of hydrogen-bond donors (Lipinski definition) is 3. The summed E-state index contributed by atoms with van der Waals surface area (Å²) in [5, 5.41) is 0. The molecular weight excluding hydrogens is 202 g/mol. The van der Waals surface area contributed by atoms with Crippen molar-refractivity contribution >= 4 is 20.1 Å². The molecule has 0 aromatic heterocycles. The summed E-state index contributed by atoms with van der Waals surface area (Å²) in [5.41, 5.74) is 0. The Balaban J connectivity index is 0. The zero-order chi connectivity index (χ0) is 4.50. The Bertz CT molecular complexity index is 50.1. The van der Waals surface area contributed by atoms with Crippen LogP contribution in [0.4, 0.5) is 0 Å². The van der Waals surface area contributed by atoms with E-state index in [1.807, 2.05) is 0 Å². The number of rotatable bonds is 0. The van der Waals surface area contributed by atoms with Gasteiger partial charge in [-0.1, -0.05) is 0 Å². The van der Waals surface area contributed by atoms with E-state index in [1.165, 1.54) is 0 Å². The van der Waals surface area contributed by atoms with Crippen molar-refractivity contribution in [2.75, 3.05) is 0 Å². The normalized spacial score (nSPS) is 9.83. The van der Waals surface area contributed by atoms with Gasteiger partial charge in [-0.2, -0.15) is 0 Å². The summed E-state index contributed by atoms with van der Waals surface area (Å²) >= 11 is -5.35. The summed E-state index contributed by atoms with van der Waals surface area (Å²) in [6.45, 7) is 0. The third-order valence-corrected chi connectivity index (χ3v) is 0. The first-order valence-corrected chi connectivity index (χ1v) is 5.25. The molecule has 6 heteroatoms. The van der Waals surface area contributed by atoms with Gasteiger partial charge in [-0.05, 0) is 0 Å². The molecule has 5 N–H and O–H groups in total. The summed E-state index contributed by atoms with van der Waals surface area (Å²) < 4.78 is 30.8. The molecule has 0 saturated heterocycles. The van der Waals surface area contributed by atoms with Crippen LogP contribution in [0.3, 0.4) is 0 Å². The molecule has 0 fully saturated rings. The van der Waals surface area contributed by atoms with Gasteiger partial charge in [0.05, 0.1) is 0 Å². The maximum atomic E-state index is 8.97. The molecule has 0 aliphatic carbocycles. The van der Waals surface area contributed by atoms with Gasteiger partial charge in [0.2, 0.25) is 0 Å². The average molecular weight is 207 g/mol. The second-order valence-corrected chi connectivity index (χ2v) is 3.44. The molecule has 0 atom stereocenters. The predicted octanol–water partition coefficient (Wildman–Crippen LogP) is -3.00. The first kappa shape index (κ1) is 9.68. The van der Waals surface area contributed by atoms with E-state index in [4.69, 9.17) is 13.2 Å². The van der Waals surface area contributed by atoms with Crippen LogP contribution in [0.25, 0.3) is 0 Å². The van der Waals surface area contributed by atoms with Gasteiger partial charge in [0.1, 0.15) is 0 Å². The van der Waals surface area contributed by atoms with Crippen LogP contribution in [0.1, 0.15) is 0 Å². The van der Waals surface area contributed by atoms with E-state index in [0.717, 1.165) is 0 Å². The molecule has 0 bridgehead atoms. The minimum atomic E-state index is -5.35. The third kappa shape index (κ3) is 254. The van der Waals surface area contributed by atoms with Gasteiger partial charge in [-0.15, -0.1) is 0 Å². The van der Waals surface area contributed by atoms with Gasteiger partial charge in [0, 0.05) is 0 Å². The monoisotopic (exact) mass is 206 g/mol. The van der Waals surface area contributed by atoms with Crippen LogP contribution >= 0.6 is 0 Å². The van der Waals surface area contributed by atoms with Crippen molar-refractivity contribution in [3.63, 3.8) is 0 Å². The van der Waals surface area contributed by atoms with Crippen molar-refractivity contribution in [3.8, 4) is 0 Å². The Morgan fingerprint density at radius 3 is 1.17 bits per heavy atom. The van der Waals surface area contributed by atoms with E-state index < -0.39 is 20.1 Å².